The van der Waals surface area contributed by atoms with Gasteiger partial charge in [0.05, 0.1) is 69.3 Å². The van der Waals surface area contributed by atoms with Crippen LogP contribution in [-0.2, 0) is 104 Å². The van der Waals surface area contributed by atoms with Crippen molar-refractivity contribution >= 4 is 107 Å². The van der Waals surface area contributed by atoms with Gasteiger partial charge in [0.2, 0.25) is 18.1 Å². The molecule has 2 atom stereocenters. The van der Waals surface area contributed by atoms with Crippen LogP contribution in [0.2, 0.25) is 0 Å². The molecule has 0 aromatic carbocycles. The molecule has 0 aromatic rings. The largest absolute Gasteiger partial charge is 0.465 e. The fourth-order valence-electron chi connectivity index (χ4n) is 3.63. The number of hydrogen-bond acceptors (Lipinski definition) is 23. The van der Waals surface area contributed by atoms with Crippen molar-refractivity contribution in [2.24, 2.45) is 22.2 Å². The number of Topliss-reactive ketones (excluding diaryl/α,β-unsaturated/α-hetero) is 4. The number of aliphatic hydroxyl groups excluding tert-OH is 1. The Morgan fingerprint density at radius 3 is 1.05 bits per heavy atom. The molecule has 0 amide bonds. The number of rotatable bonds is 27. The maximum atomic E-state index is 12.2. The Labute approximate surface area is 396 Å². The van der Waals surface area contributed by atoms with Crippen LogP contribution in [0.3, 0.4) is 0 Å². The van der Waals surface area contributed by atoms with Crippen LogP contribution in [0.4, 0.5) is 0 Å². The summed E-state index contributed by atoms with van der Waals surface area (Å²) in [4.78, 5) is 91.0. The van der Waals surface area contributed by atoms with Gasteiger partial charge in [0, 0.05) is 21.4 Å². The average molecular weight is 1080 g/mol. The highest BCUT2D eigenvalue weighted by molar-refractivity contribution is 8.14. The van der Waals surface area contributed by atoms with Crippen molar-refractivity contribution in [3.05, 3.63) is 0 Å². The lowest BCUT2D eigenvalue weighted by molar-refractivity contribution is -0.173. The smallest absolute Gasteiger partial charge is 0.325 e. The molecule has 0 fully saturated rings. The van der Waals surface area contributed by atoms with Gasteiger partial charge in [-0.2, -0.15) is 16.8 Å². The van der Waals surface area contributed by atoms with Gasteiger partial charge in [0.1, 0.15) is 39.9 Å². The molecule has 23 nitrogen and oxygen atoms in total. The van der Waals surface area contributed by atoms with Gasteiger partial charge in [-0.25, -0.2) is 16.8 Å². The first-order valence-electron chi connectivity index (χ1n) is 19.7. The number of esters is 4. The molecule has 388 valence electrons. The van der Waals surface area contributed by atoms with Crippen molar-refractivity contribution in [3.8, 4) is 0 Å². The van der Waals surface area contributed by atoms with E-state index in [9.17, 15) is 72.0 Å². The predicted octanol–water partition coefficient (Wildman–Crippen LogP) is 1.81. The summed E-state index contributed by atoms with van der Waals surface area (Å²) >= 11 is 0. The van der Waals surface area contributed by atoms with E-state index in [1.807, 2.05) is 0 Å². The van der Waals surface area contributed by atoms with Gasteiger partial charge in [0.25, 0.3) is 20.2 Å². The molecule has 0 heterocycles. The Morgan fingerprint density at radius 1 is 0.500 bits per heavy atom. The van der Waals surface area contributed by atoms with Crippen molar-refractivity contribution in [1.82, 2.24) is 0 Å². The highest BCUT2D eigenvalue weighted by Gasteiger charge is 2.46. The number of ketones is 4. The molecule has 0 radical (unpaired) electrons. The van der Waals surface area contributed by atoms with Gasteiger partial charge in [-0.1, -0.05) is 0 Å². The van der Waals surface area contributed by atoms with Crippen molar-refractivity contribution in [2.45, 2.75) is 95.9 Å². The molecular formula is C37H64Cl2O23S4. The molecule has 0 spiro atoms. The van der Waals surface area contributed by atoms with E-state index in [2.05, 4.69) is 9.47 Å². The van der Waals surface area contributed by atoms with Gasteiger partial charge < -0.3 is 24.1 Å². The third kappa shape index (κ3) is 29.6. The molecule has 0 aliphatic heterocycles. The maximum absolute atomic E-state index is 12.2. The van der Waals surface area contributed by atoms with E-state index in [-0.39, 0.29) is 49.3 Å². The zero-order valence-corrected chi connectivity index (χ0v) is 43.9. The van der Waals surface area contributed by atoms with Crippen LogP contribution in [0.1, 0.15) is 95.9 Å². The number of carbonyl (C=O) groups excluding carboxylic acids is 8. The first-order valence-corrected chi connectivity index (χ1v) is 27.8. The lowest BCUT2D eigenvalue weighted by atomic mass is 9.83. The molecule has 1 N–H and O–H groups in total. The predicted molar refractivity (Wildman–Crippen MR) is 238 cm³/mol. The first kappa shape index (κ1) is 69.4. The van der Waals surface area contributed by atoms with Gasteiger partial charge in [-0.15, -0.1) is 0 Å². The second-order valence-electron chi connectivity index (χ2n) is 14.3. The second kappa shape index (κ2) is 31.8. The van der Waals surface area contributed by atoms with Crippen LogP contribution in [0.5, 0.6) is 0 Å². The molecule has 29 heteroatoms. The zero-order valence-electron chi connectivity index (χ0n) is 39.1. The molecular weight excluding hydrogens is 1010 g/mol. The zero-order chi connectivity index (χ0) is 53.1. The molecule has 0 saturated heterocycles. The minimum Gasteiger partial charge on any atom is -0.465 e. The van der Waals surface area contributed by atoms with Crippen LogP contribution < -0.4 is 0 Å². The third-order valence-electron chi connectivity index (χ3n) is 8.69. The summed E-state index contributed by atoms with van der Waals surface area (Å²) in [6.07, 6.45) is -0.519. The van der Waals surface area contributed by atoms with Gasteiger partial charge in [-0.05, 0) is 95.9 Å². The number of carbonyl (C=O) groups is 8. The van der Waals surface area contributed by atoms with Crippen molar-refractivity contribution in [3.63, 3.8) is 0 Å². The van der Waals surface area contributed by atoms with E-state index in [4.69, 9.17) is 44.3 Å². The van der Waals surface area contributed by atoms with Crippen LogP contribution in [0, 0.1) is 22.2 Å². The maximum Gasteiger partial charge on any atom is 0.325 e. The number of halogens is 2. The number of hydrogen-bond donors (Lipinski definition) is 1. The Bertz CT molecular complexity index is 2020. The summed E-state index contributed by atoms with van der Waals surface area (Å²) in [5.41, 5.74) is -5.08. The SMILES string of the molecule is CCOC(=O)C(C)(CO)C(C)=O.CCOC(=O)C(C)(COS(=O)(=O)CCCS(=O)(=O)OCC(C)(C(C)=O)C(C)=O)C(=O)OCC.CCOC(=O)C(C)C(C)=O.O=S(=O)(Cl)CCCS(=O)(=O)Cl. The van der Waals surface area contributed by atoms with Crippen molar-refractivity contribution < 1.29 is 104 Å². The lowest BCUT2D eigenvalue weighted by Gasteiger charge is -2.24. The third-order valence-corrected chi connectivity index (χ3v) is 13.7. The van der Waals surface area contributed by atoms with Crippen LogP contribution >= 0.6 is 21.4 Å². The van der Waals surface area contributed by atoms with E-state index in [0.717, 1.165) is 20.8 Å². The average Bonchev–Trinajstić information content (AvgIpc) is 3.18. The summed E-state index contributed by atoms with van der Waals surface area (Å²) in [5, 5.41) is 8.83. The molecule has 0 aliphatic carbocycles. The van der Waals surface area contributed by atoms with E-state index >= 15 is 0 Å². The minimum absolute atomic E-state index is 0.0647. The Kier molecular flexibility index (Phi) is 33.4. The topological polar surface area (TPSA) is 349 Å². The van der Waals surface area contributed by atoms with E-state index in [1.165, 1.54) is 41.5 Å². The molecule has 0 rings (SSSR count). The van der Waals surface area contributed by atoms with Gasteiger partial charge >= 0.3 is 23.9 Å². The van der Waals surface area contributed by atoms with Gasteiger partial charge in [0.15, 0.2) is 5.41 Å². The summed E-state index contributed by atoms with van der Waals surface area (Å²) in [5.74, 6) is -7.73. The summed E-state index contributed by atoms with van der Waals surface area (Å²) in [7, 11) is -6.21. The molecule has 0 aliphatic rings. The Hall–Kier alpha value is -3.18. The Balaban J connectivity index is -0.000000470. The number of ether oxygens (including phenoxy) is 4. The van der Waals surface area contributed by atoms with Crippen LogP contribution in [-0.4, -0.2) is 155 Å². The molecule has 0 bridgehead atoms. The molecule has 0 aromatic heterocycles. The second-order valence-corrected chi connectivity index (χ2v) is 23.6. The minimum atomic E-state index is -4.35. The van der Waals surface area contributed by atoms with Gasteiger partial charge in [-0.3, -0.25) is 46.7 Å². The summed E-state index contributed by atoms with van der Waals surface area (Å²) in [6, 6.07) is 0. The number of aliphatic hydroxyl groups is 1. The fraction of sp³-hybridized carbons (Fsp3) is 0.784. The van der Waals surface area contributed by atoms with E-state index in [0.29, 0.717) is 6.61 Å². The highest BCUT2D eigenvalue weighted by Crippen LogP contribution is 2.24. The van der Waals surface area contributed by atoms with E-state index in [1.54, 1.807) is 20.8 Å². The molecule has 0 saturated carbocycles. The van der Waals surface area contributed by atoms with Crippen LogP contribution in [0.25, 0.3) is 0 Å². The van der Waals surface area contributed by atoms with Crippen LogP contribution in [0.15, 0.2) is 0 Å². The first-order chi connectivity index (χ1) is 29.8. The standard InChI is InChI=1S/C19H32O12S2.C8H14O4.C7H12O3.C3H6Cl2O4S2/c1-7-28-16(22)19(6,17(23)29-8-2)13-31-33(26,27)11-9-10-32(24,25)30-12-18(5,14(3)20)15(4)21;1-4-12-7(11)8(3,5-9)6(2)10;1-4-10-7(9)5(2)6(3)8;4-10(6,7)2-1-3-11(5,8)9/h7-13H2,1-6H3;9H,4-5H2,1-3H3;5H,4H2,1-3H3;1-3H2. The highest BCUT2D eigenvalue weighted by atomic mass is 35.7. The fourth-order valence-corrected chi connectivity index (χ4v) is 7.69. The molecule has 2 unspecified atom stereocenters. The normalized spacial score (nSPS) is 13.2. The van der Waals surface area contributed by atoms with Crippen molar-refractivity contribution in [1.29, 1.82) is 0 Å². The monoisotopic (exact) mass is 1070 g/mol. The summed E-state index contributed by atoms with van der Waals surface area (Å²) < 4.78 is 118. The van der Waals surface area contributed by atoms with E-state index < -0.39 is 134 Å². The lowest BCUT2D eigenvalue weighted by Crippen LogP contribution is -2.44. The summed E-state index contributed by atoms with van der Waals surface area (Å²) in [6.45, 7) is 14.8. The van der Waals surface area contributed by atoms with Crippen molar-refractivity contribution in [2.75, 3.05) is 69.3 Å². The quantitative estimate of drug-likeness (QED) is 0.0403. The Morgan fingerprint density at radius 2 is 0.788 bits per heavy atom. The molecule has 66 heavy (non-hydrogen) atoms.